The fourth-order valence-corrected chi connectivity index (χ4v) is 3.16. The number of rotatable bonds is 4. The van der Waals surface area contributed by atoms with Gasteiger partial charge in [0.2, 0.25) is 0 Å². The van der Waals surface area contributed by atoms with Crippen molar-refractivity contribution in [3.63, 3.8) is 0 Å². The molecule has 3 aromatic rings. The molecule has 0 radical (unpaired) electrons. The number of carboxylic acid groups (broad SMARTS) is 1. The minimum atomic E-state index is -0.790. The fraction of sp³-hybridized carbons (Fsp3) is 0.158. The highest BCUT2D eigenvalue weighted by atomic mass is 79.9. The van der Waals surface area contributed by atoms with E-state index in [2.05, 4.69) is 20.9 Å². The van der Waals surface area contributed by atoms with E-state index in [1.165, 1.54) is 0 Å². The lowest BCUT2D eigenvalue weighted by molar-refractivity contribution is -0.138. The van der Waals surface area contributed by atoms with Gasteiger partial charge < -0.3 is 5.11 Å². The zero-order valence-corrected chi connectivity index (χ0v) is 14.2. The van der Waals surface area contributed by atoms with Gasteiger partial charge in [0.1, 0.15) is 0 Å². The normalized spacial score (nSPS) is 12.3. The van der Waals surface area contributed by atoms with Gasteiger partial charge in [-0.05, 0) is 35.6 Å². The highest BCUT2D eigenvalue weighted by Gasteiger charge is 2.20. The number of fused-ring (bicyclic) bond motifs is 1. The second-order valence-electron chi connectivity index (χ2n) is 5.41. The van der Waals surface area contributed by atoms with Gasteiger partial charge in [-0.1, -0.05) is 53.2 Å². The molecule has 0 bridgehead atoms. The van der Waals surface area contributed by atoms with Gasteiger partial charge in [-0.3, -0.25) is 9.78 Å². The Bertz CT molecular complexity index is 859. The number of aliphatic carboxylic acids is 1. The minimum Gasteiger partial charge on any atom is -0.481 e. The van der Waals surface area contributed by atoms with Gasteiger partial charge in [0.05, 0.1) is 11.6 Å². The summed E-state index contributed by atoms with van der Waals surface area (Å²) in [5.74, 6) is -1.29. The topological polar surface area (TPSA) is 50.2 Å². The number of carboxylic acids is 1. The van der Waals surface area contributed by atoms with Crippen molar-refractivity contribution >= 4 is 32.7 Å². The van der Waals surface area contributed by atoms with Crippen LogP contribution in [0.25, 0.3) is 22.0 Å². The smallest absolute Gasteiger partial charge is 0.310 e. The molecule has 1 unspecified atom stereocenters. The number of aromatic nitrogens is 1. The Hall–Kier alpha value is -2.20. The van der Waals surface area contributed by atoms with E-state index in [9.17, 15) is 9.90 Å². The van der Waals surface area contributed by atoms with Crippen molar-refractivity contribution < 1.29 is 9.90 Å². The van der Waals surface area contributed by atoms with Crippen LogP contribution in [0.5, 0.6) is 0 Å². The lowest BCUT2D eigenvalue weighted by Crippen LogP contribution is -2.11. The first-order valence-electron chi connectivity index (χ1n) is 7.48. The average Bonchev–Trinajstić information content (AvgIpc) is 2.56. The Kier molecular flexibility index (Phi) is 4.44. The lowest BCUT2D eigenvalue weighted by Gasteiger charge is -2.15. The summed E-state index contributed by atoms with van der Waals surface area (Å²) >= 11 is 3.44. The number of pyridine rings is 1. The maximum Gasteiger partial charge on any atom is 0.310 e. The van der Waals surface area contributed by atoms with Gasteiger partial charge in [-0.25, -0.2) is 0 Å². The van der Waals surface area contributed by atoms with Crippen molar-refractivity contribution in [1.29, 1.82) is 0 Å². The van der Waals surface area contributed by atoms with Crippen LogP contribution in [0.15, 0.2) is 59.2 Å². The summed E-state index contributed by atoms with van der Waals surface area (Å²) in [5, 5.41) is 11.4. The van der Waals surface area contributed by atoms with Crippen LogP contribution < -0.4 is 0 Å². The van der Waals surface area contributed by atoms with E-state index in [1.807, 2.05) is 55.5 Å². The second-order valence-corrected chi connectivity index (χ2v) is 6.32. The van der Waals surface area contributed by atoms with Crippen LogP contribution in [0.4, 0.5) is 0 Å². The predicted octanol–water partition coefficient (Wildman–Crippen LogP) is 5.24. The first-order chi connectivity index (χ1) is 11.1. The van der Waals surface area contributed by atoms with Crippen molar-refractivity contribution in [2.75, 3.05) is 0 Å². The Morgan fingerprint density at radius 1 is 1.13 bits per heavy atom. The third kappa shape index (κ3) is 2.99. The molecule has 0 aliphatic carbocycles. The Morgan fingerprint density at radius 3 is 2.52 bits per heavy atom. The summed E-state index contributed by atoms with van der Waals surface area (Å²) in [6.45, 7) is 1.90. The van der Waals surface area contributed by atoms with Gasteiger partial charge in [0.15, 0.2) is 0 Å². The van der Waals surface area contributed by atoms with Crippen LogP contribution in [-0.2, 0) is 4.79 Å². The number of hydrogen-bond donors (Lipinski definition) is 1. The van der Waals surface area contributed by atoms with Gasteiger partial charge in [-0.2, -0.15) is 0 Å². The zero-order valence-electron chi connectivity index (χ0n) is 12.7. The molecular weight excluding hydrogens is 354 g/mol. The summed E-state index contributed by atoms with van der Waals surface area (Å²) in [4.78, 5) is 16.1. The van der Waals surface area contributed by atoms with E-state index < -0.39 is 11.9 Å². The summed E-state index contributed by atoms with van der Waals surface area (Å²) in [7, 11) is 0. The third-order valence-corrected chi connectivity index (χ3v) is 4.57. The Morgan fingerprint density at radius 2 is 1.87 bits per heavy atom. The summed E-state index contributed by atoms with van der Waals surface area (Å²) < 4.78 is 1.01. The first-order valence-corrected chi connectivity index (χ1v) is 8.27. The van der Waals surface area contributed by atoms with Gasteiger partial charge in [0.25, 0.3) is 0 Å². The molecule has 1 atom stereocenters. The van der Waals surface area contributed by atoms with E-state index in [-0.39, 0.29) is 0 Å². The molecule has 1 N–H and O–H groups in total. The quantitative estimate of drug-likeness (QED) is 0.683. The molecule has 0 spiro atoms. The molecule has 1 aromatic heterocycles. The molecule has 0 amide bonds. The van der Waals surface area contributed by atoms with Crippen molar-refractivity contribution in [3.8, 4) is 11.3 Å². The summed E-state index contributed by atoms with van der Waals surface area (Å²) in [6.07, 6.45) is 2.31. The molecule has 0 aliphatic heterocycles. The SMILES string of the molecule is CCC(C(=O)O)c1cccc2c(-c3ccc(Br)cc3)nccc12. The van der Waals surface area contributed by atoms with Crippen molar-refractivity contribution in [2.45, 2.75) is 19.3 Å². The molecule has 0 fully saturated rings. The van der Waals surface area contributed by atoms with Crippen LogP contribution in [0.2, 0.25) is 0 Å². The van der Waals surface area contributed by atoms with Gasteiger partial charge in [-0.15, -0.1) is 0 Å². The second kappa shape index (κ2) is 6.50. The summed E-state index contributed by atoms with van der Waals surface area (Å²) in [6, 6.07) is 15.7. The van der Waals surface area contributed by atoms with E-state index >= 15 is 0 Å². The van der Waals surface area contributed by atoms with Gasteiger partial charge in [0, 0.05) is 21.6 Å². The third-order valence-electron chi connectivity index (χ3n) is 4.04. The van der Waals surface area contributed by atoms with Crippen molar-refractivity contribution in [2.24, 2.45) is 0 Å². The average molecular weight is 370 g/mol. The van der Waals surface area contributed by atoms with Crippen LogP contribution in [0.1, 0.15) is 24.8 Å². The molecule has 116 valence electrons. The van der Waals surface area contributed by atoms with E-state index in [1.54, 1.807) is 6.20 Å². The Labute approximate surface area is 143 Å². The van der Waals surface area contributed by atoms with Crippen molar-refractivity contribution in [3.05, 3.63) is 64.8 Å². The molecule has 3 rings (SSSR count). The van der Waals surface area contributed by atoms with E-state index in [0.29, 0.717) is 6.42 Å². The number of carbonyl (C=O) groups is 1. The molecule has 1 heterocycles. The number of nitrogens with zero attached hydrogens (tertiary/aromatic N) is 1. The molecule has 3 nitrogen and oxygen atoms in total. The monoisotopic (exact) mass is 369 g/mol. The minimum absolute atomic E-state index is 0.501. The standard InChI is InChI=1S/C19H16BrNO2/c1-2-14(19(22)23)15-4-3-5-17-16(15)10-11-21-18(17)12-6-8-13(20)9-7-12/h3-11,14H,2H2,1H3,(H,22,23). The number of benzene rings is 2. The molecule has 2 aromatic carbocycles. The maximum atomic E-state index is 11.5. The molecule has 0 saturated carbocycles. The largest absolute Gasteiger partial charge is 0.481 e. The van der Waals surface area contributed by atoms with E-state index in [4.69, 9.17) is 0 Å². The van der Waals surface area contributed by atoms with Crippen LogP contribution in [-0.4, -0.2) is 16.1 Å². The lowest BCUT2D eigenvalue weighted by atomic mass is 9.91. The van der Waals surface area contributed by atoms with Gasteiger partial charge >= 0.3 is 5.97 Å². The maximum absolute atomic E-state index is 11.5. The number of halogens is 1. The highest BCUT2D eigenvalue weighted by Crippen LogP contribution is 2.33. The molecule has 4 heteroatoms. The van der Waals surface area contributed by atoms with E-state index in [0.717, 1.165) is 32.1 Å². The summed E-state index contributed by atoms with van der Waals surface area (Å²) in [5.41, 5.74) is 2.73. The molecule has 23 heavy (non-hydrogen) atoms. The number of hydrogen-bond acceptors (Lipinski definition) is 2. The molecular formula is C19H16BrNO2. The molecule has 0 aliphatic rings. The zero-order chi connectivity index (χ0) is 16.4. The predicted molar refractivity (Wildman–Crippen MR) is 95.5 cm³/mol. The van der Waals surface area contributed by atoms with Crippen LogP contribution >= 0.6 is 15.9 Å². The Balaban J connectivity index is 2.23. The fourth-order valence-electron chi connectivity index (χ4n) is 2.90. The first kappa shape index (κ1) is 15.7. The highest BCUT2D eigenvalue weighted by molar-refractivity contribution is 9.10. The van der Waals surface area contributed by atoms with Crippen molar-refractivity contribution in [1.82, 2.24) is 4.98 Å². The van der Waals surface area contributed by atoms with Crippen LogP contribution in [0, 0.1) is 0 Å². The van der Waals surface area contributed by atoms with Crippen LogP contribution in [0.3, 0.4) is 0 Å². The molecule has 0 saturated heterocycles.